The Balaban J connectivity index is 0.000000184. The van der Waals surface area contributed by atoms with Gasteiger partial charge in [-0.25, -0.2) is 15.0 Å². The molecule has 0 bridgehead atoms. The van der Waals surface area contributed by atoms with Crippen molar-refractivity contribution in [2.75, 3.05) is 50.0 Å². The second-order valence-corrected chi connectivity index (χ2v) is 10.1. The van der Waals surface area contributed by atoms with Gasteiger partial charge in [0.05, 0.1) is 47.9 Å². The minimum Gasteiger partial charge on any atom is -0.371 e. The Labute approximate surface area is 255 Å². The molecule has 2 fully saturated rings. The molecule has 0 spiro atoms. The average molecular weight is 617 g/mol. The molecule has 2 saturated heterocycles. The van der Waals surface area contributed by atoms with Crippen LogP contribution in [0.15, 0.2) is 79.3 Å². The van der Waals surface area contributed by atoms with E-state index in [1.54, 1.807) is 18.6 Å². The molecule has 12 heteroatoms. The van der Waals surface area contributed by atoms with Crippen LogP contribution in [-0.4, -0.2) is 54.3 Å². The van der Waals surface area contributed by atoms with Crippen LogP contribution in [0.3, 0.4) is 0 Å². The Morgan fingerprint density at radius 2 is 1.15 bits per heavy atom. The van der Waals surface area contributed by atoms with Crippen LogP contribution in [0.2, 0.25) is 10.0 Å². The summed E-state index contributed by atoms with van der Waals surface area (Å²) in [5.74, 6) is 1.30. The third-order valence-corrected chi connectivity index (χ3v) is 6.72. The summed E-state index contributed by atoms with van der Waals surface area (Å²) >= 11 is 11.6. The molecule has 0 radical (unpaired) electrons. The maximum absolute atomic E-state index is 5.81. The highest BCUT2D eigenvalue weighted by Crippen LogP contribution is 2.23. The highest BCUT2D eigenvalue weighted by Gasteiger charge is 2.16. The third-order valence-electron chi connectivity index (χ3n) is 6.30. The summed E-state index contributed by atoms with van der Waals surface area (Å²) in [7, 11) is 0. The highest BCUT2D eigenvalue weighted by molar-refractivity contribution is 6.30. The standard InChI is InChI=1S/C15H16ClN3O.C14H15ClN4O.ClH/c16-12-3-6-15(18-9-12)19-13-4-1-11(2-5-13)14-10-17-7-8-20-14;15-11-7-17-14(18-8-11)19-12-3-1-10(2-4-12)13-9-16-5-6-20-13;/h1-6,9,14,17H,7-8,10H2,(H,18,19);1-4,7-8,13,16H,5-6,9H2,(H,17,18,19);1H. The number of ether oxygens (including phenoxy) is 2. The predicted octanol–water partition coefficient (Wildman–Crippen LogP) is 6.10. The zero-order chi connectivity index (χ0) is 27.6. The molecule has 4 aromatic rings. The van der Waals surface area contributed by atoms with Crippen molar-refractivity contribution < 1.29 is 9.47 Å². The number of aromatic nitrogens is 3. The molecule has 41 heavy (non-hydrogen) atoms. The second kappa shape index (κ2) is 15.8. The van der Waals surface area contributed by atoms with E-state index in [-0.39, 0.29) is 24.6 Å². The molecule has 0 saturated carbocycles. The lowest BCUT2D eigenvalue weighted by atomic mass is 10.1. The van der Waals surface area contributed by atoms with E-state index < -0.39 is 0 Å². The van der Waals surface area contributed by atoms with Crippen molar-refractivity contribution in [3.8, 4) is 0 Å². The van der Waals surface area contributed by atoms with Crippen molar-refractivity contribution in [1.82, 2.24) is 25.6 Å². The van der Waals surface area contributed by atoms with Crippen LogP contribution in [-0.2, 0) is 9.47 Å². The van der Waals surface area contributed by atoms with Crippen LogP contribution < -0.4 is 21.3 Å². The van der Waals surface area contributed by atoms with E-state index in [9.17, 15) is 0 Å². The molecule has 2 aliphatic rings. The lowest BCUT2D eigenvalue weighted by Gasteiger charge is -2.24. The van der Waals surface area contributed by atoms with Crippen LogP contribution in [0.4, 0.5) is 23.1 Å². The molecule has 2 aliphatic heterocycles. The van der Waals surface area contributed by atoms with Gasteiger partial charge in [-0.1, -0.05) is 47.5 Å². The van der Waals surface area contributed by atoms with E-state index in [0.717, 1.165) is 56.6 Å². The Morgan fingerprint density at radius 1 is 0.634 bits per heavy atom. The maximum atomic E-state index is 5.81. The van der Waals surface area contributed by atoms with E-state index in [0.29, 0.717) is 16.0 Å². The Kier molecular flexibility index (Phi) is 11.9. The van der Waals surface area contributed by atoms with Gasteiger partial charge in [-0.15, -0.1) is 12.4 Å². The first-order valence-electron chi connectivity index (χ1n) is 13.1. The molecule has 0 aliphatic carbocycles. The van der Waals surface area contributed by atoms with E-state index >= 15 is 0 Å². The zero-order valence-corrected chi connectivity index (χ0v) is 24.6. The van der Waals surface area contributed by atoms with E-state index in [1.165, 1.54) is 11.1 Å². The fraction of sp³-hybridized carbons (Fsp3) is 0.276. The quantitative estimate of drug-likeness (QED) is 0.205. The minimum absolute atomic E-state index is 0. The number of hydrogen-bond acceptors (Lipinski definition) is 9. The molecule has 4 heterocycles. The number of benzene rings is 2. The van der Waals surface area contributed by atoms with Gasteiger partial charge in [0.15, 0.2) is 0 Å². The summed E-state index contributed by atoms with van der Waals surface area (Å²) in [5, 5.41) is 14.2. The first-order chi connectivity index (χ1) is 19.6. The number of pyridine rings is 1. The van der Waals surface area contributed by atoms with Gasteiger partial charge in [-0.2, -0.15) is 0 Å². The Morgan fingerprint density at radius 3 is 1.61 bits per heavy atom. The minimum atomic E-state index is 0. The molecule has 0 amide bonds. The molecular weight excluding hydrogens is 585 g/mol. The first-order valence-corrected chi connectivity index (χ1v) is 13.9. The number of nitrogens with zero attached hydrogens (tertiary/aromatic N) is 3. The van der Waals surface area contributed by atoms with Gasteiger partial charge in [0, 0.05) is 43.8 Å². The van der Waals surface area contributed by atoms with Crippen molar-refractivity contribution in [3.05, 3.63) is 100 Å². The molecule has 6 rings (SSSR count). The number of rotatable bonds is 6. The van der Waals surface area contributed by atoms with Crippen molar-refractivity contribution in [1.29, 1.82) is 0 Å². The molecule has 216 valence electrons. The van der Waals surface area contributed by atoms with Gasteiger partial charge in [-0.05, 0) is 47.5 Å². The zero-order valence-electron chi connectivity index (χ0n) is 22.2. The average Bonchev–Trinajstić information content (AvgIpc) is 3.01. The Bertz CT molecular complexity index is 1210. The lowest BCUT2D eigenvalue weighted by Crippen LogP contribution is -2.33. The fourth-order valence-electron chi connectivity index (χ4n) is 4.22. The second-order valence-electron chi connectivity index (χ2n) is 9.21. The van der Waals surface area contributed by atoms with Gasteiger partial charge in [0.2, 0.25) is 5.95 Å². The first kappa shape index (κ1) is 30.9. The molecule has 2 atom stereocenters. The van der Waals surface area contributed by atoms with Crippen LogP contribution in [0, 0.1) is 0 Å². The number of morpholine rings is 2. The van der Waals surface area contributed by atoms with E-state index in [1.807, 2.05) is 36.4 Å². The van der Waals surface area contributed by atoms with Crippen LogP contribution >= 0.6 is 35.6 Å². The van der Waals surface area contributed by atoms with Gasteiger partial charge in [-0.3, -0.25) is 0 Å². The van der Waals surface area contributed by atoms with Gasteiger partial charge >= 0.3 is 0 Å². The summed E-state index contributed by atoms with van der Waals surface area (Å²) in [6.45, 7) is 5.09. The molecule has 2 aromatic heterocycles. The SMILES string of the molecule is Cl.Clc1ccc(Nc2ccc(C3CNCCO3)cc2)nc1.Clc1cnc(Nc2ccc(C3CNCCO3)cc2)nc1. The number of nitrogens with one attached hydrogen (secondary N) is 4. The smallest absolute Gasteiger partial charge is 0.227 e. The largest absolute Gasteiger partial charge is 0.371 e. The topological polar surface area (TPSA) is 105 Å². The summed E-state index contributed by atoms with van der Waals surface area (Å²) in [6.07, 6.45) is 5.02. The highest BCUT2D eigenvalue weighted by atomic mass is 35.5. The lowest BCUT2D eigenvalue weighted by molar-refractivity contribution is 0.0276. The van der Waals surface area contributed by atoms with Crippen LogP contribution in [0.1, 0.15) is 23.3 Å². The molecule has 2 aromatic carbocycles. The van der Waals surface area contributed by atoms with Crippen molar-refractivity contribution in [2.45, 2.75) is 12.2 Å². The number of anilines is 4. The van der Waals surface area contributed by atoms with E-state index in [2.05, 4.69) is 60.5 Å². The number of hydrogen-bond donors (Lipinski definition) is 4. The maximum Gasteiger partial charge on any atom is 0.227 e. The molecule has 2 unspecified atom stereocenters. The van der Waals surface area contributed by atoms with Gasteiger partial charge in [0.25, 0.3) is 0 Å². The monoisotopic (exact) mass is 615 g/mol. The summed E-state index contributed by atoms with van der Waals surface area (Å²) in [5.41, 5.74) is 4.28. The summed E-state index contributed by atoms with van der Waals surface area (Å²) < 4.78 is 11.4. The van der Waals surface area contributed by atoms with Crippen molar-refractivity contribution in [2.24, 2.45) is 0 Å². The van der Waals surface area contributed by atoms with Gasteiger partial charge < -0.3 is 30.7 Å². The number of halogens is 3. The summed E-state index contributed by atoms with van der Waals surface area (Å²) in [6, 6.07) is 20.0. The summed E-state index contributed by atoms with van der Waals surface area (Å²) in [4.78, 5) is 12.4. The molecule has 9 nitrogen and oxygen atoms in total. The van der Waals surface area contributed by atoms with Crippen LogP contribution in [0.25, 0.3) is 0 Å². The van der Waals surface area contributed by atoms with E-state index in [4.69, 9.17) is 32.7 Å². The van der Waals surface area contributed by atoms with Crippen molar-refractivity contribution >= 4 is 58.7 Å². The molecule has 4 N–H and O–H groups in total. The normalized spacial score (nSPS) is 18.3. The van der Waals surface area contributed by atoms with Crippen LogP contribution in [0.5, 0.6) is 0 Å². The Hall–Kier alpha value is -3.02. The fourth-order valence-corrected chi connectivity index (χ4v) is 4.43. The predicted molar refractivity (Wildman–Crippen MR) is 166 cm³/mol. The molecular formula is C29H32Cl3N7O2. The third kappa shape index (κ3) is 9.51. The van der Waals surface area contributed by atoms with Gasteiger partial charge in [0.1, 0.15) is 5.82 Å². The van der Waals surface area contributed by atoms with Crippen molar-refractivity contribution in [3.63, 3.8) is 0 Å².